The van der Waals surface area contributed by atoms with Crippen LogP contribution in [0.4, 0.5) is 8.78 Å². The topological polar surface area (TPSA) is 46.5 Å². The summed E-state index contributed by atoms with van der Waals surface area (Å²) >= 11 is 0. The van der Waals surface area contributed by atoms with Crippen molar-refractivity contribution in [2.75, 3.05) is 7.11 Å². The van der Waals surface area contributed by atoms with Crippen LogP contribution in [0.15, 0.2) is 18.2 Å². The van der Waals surface area contributed by atoms with Gasteiger partial charge in [-0.1, -0.05) is 18.6 Å². The van der Waals surface area contributed by atoms with Crippen LogP contribution in [0.3, 0.4) is 0 Å². The van der Waals surface area contributed by atoms with Gasteiger partial charge in [-0.05, 0) is 18.9 Å². The highest BCUT2D eigenvalue weighted by Gasteiger charge is 2.47. The SMILES string of the molecule is COc1cc(C(F)F)ccc1C1(C(=O)O)CCC1. The van der Waals surface area contributed by atoms with E-state index in [4.69, 9.17) is 4.74 Å². The van der Waals surface area contributed by atoms with Gasteiger partial charge in [0.1, 0.15) is 5.75 Å². The molecule has 1 aliphatic carbocycles. The van der Waals surface area contributed by atoms with Gasteiger partial charge in [0.15, 0.2) is 0 Å². The van der Waals surface area contributed by atoms with Gasteiger partial charge in [-0.15, -0.1) is 0 Å². The zero-order chi connectivity index (χ0) is 13.3. The Morgan fingerprint density at radius 2 is 2.11 bits per heavy atom. The molecule has 1 aromatic carbocycles. The minimum Gasteiger partial charge on any atom is -0.496 e. The van der Waals surface area contributed by atoms with Crippen LogP contribution in [0.1, 0.15) is 36.8 Å². The third-order valence-corrected chi connectivity index (χ3v) is 3.61. The second kappa shape index (κ2) is 4.55. The van der Waals surface area contributed by atoms with Crippen LogP contribution in [0, 0.1) is 0 Å². The summed E-state index contributed by atoms with van der Waals surface area (Å²) in [5.41, 5.74) is -0.630. The molecule has 0 atom stereocenters. The molecule has 3 nitrogen and oxygen atoms in total. The van der Waals surface area contributed by atoms with Gasteiger partial charge in [-0.3, -0.25) is 4.79 Å². The molecule has 0 saturated heterocycles. The molecule has 18 heavy (non-hydrogen) atoms. The molecule has 1 aliphatic rings. The molecule has 98 valence electrons. The van der Waals surface area contributed by atoms with Crippen LogP contribution in [-0.2, 0) is 10.2 Å². The largest absolute Gasteiger partial charge is 0.496 e. The summed E-state index contributed by atoms with van der Waals surface area (Å²) in [5.74, 6) is -0.688. The Morgan fingerprint density at radius 3 is 2.50 bits per heavy atom. The third kappa shape index (κ3) is 1.83. The van der Waals surface area contributed by atoms with Crippen LogP contribution >= 0.6 is 0 Å². The van der Waals surface area contributed by atoms with Crippen LogP contribution in [0.2, 0.25) is 0 Å². The van der Waals surface area contributed by atoms with Crippen molar-refractivity contribution in [1.82, 2.24) is 0 Å². The van der Waals surface area contributed by atoms with Crippen molar-refractivity contribution in [3.63, 3.8) is 0 Å². The van der Waals surface area contributed by atoms with Crippen LogP contribution < -0.4 is 4.74 Å². The first-order valence-corrected chi connectivity index (χ1v) is 5.71. The second-order valence-electron chi connectivity index (χ2n) is 4.50. The number of hydrogen-bond acceptors (Lipinski definition) is 2. The van der Waals surface area contributed by atoms with E-state index in [0.29, 0.717) is 18.4 Å². The molecule has 0 amide bonds. The maximum Gasteiger partial charge on any atom is 0.314 e. The Hall–Kier alpha value is -1.65. The van der Waals surface area contributed by atoms with Gasteiger partial charge in [-0.2, -0.15) is 0 Å². The fourth-order valence-corrected chi connectivity index (χ4v) is 2.37. The lowest BCUT2D eigenvalue weighted by atomic mass is 9.64. The van der Waals surface area contributed by atoms with E-state index in [9.17, 15) is 18.7 Å². The third-order valence-electron chi connectivity index (χ3n) is 3.61. The fourth-order valence-electron chi connectivity index (χ4n) is 2.37. The van der Waals surface area contributed by atoms with E-state index >= 15 is 0 Å². The number of carboxylic acid groups (broad SMARTS) is 1. The summed E-state index contributed by atoms with van der Waals surface area (Å²) in [6, 6.07) is 3.95. The summed E-state index contributed by atoms with van der Waals surface area (Å²) in [4.78, 5) is 11.4. The Morgan fingerprint density at radius 1 is 1.44 bits per heavy atom. The number of carboxylic acids is 1. The van der Waals surface area contributed by atoms with E-state index in [1.165, 1.54) is 25.3 Å². The molecule has 0 radical (unpaired) electrons. The highest BCUT2D eigenvalue weighted by Crippen LogP contribution is 2.47. The van der Waals surface area contributed by atoms with Gasteiger partial charge in [0, 0.05) is 11.1 Å². The number of halogens is 2. The molecular formula is C13H14F2O3. The van der Waals surface area contributed by atoms with Gasteiger partial charge < -0.3 is 9.84 Å². The summed E-state index contributed by atoms with van der Waals surface area (Å²) in [6.07, 6.45) is -0.721. The molecule has 5 heteroatoms. The van der Waals surface area contributed by atoms with Crippen LogP contribution in [-0.4, -0.2) is 18.2 Å². The van der Waals surface area contributed by atoms with E-state index in [1.807, 2.05) is 0 Å². The van der Waals surface area contributed by atoms with Gasteiger partial charge in [0.05, 0.1) is 12.5 Å². The predicted octanol–water partition coefficient (Wildman–Crippen LogP) is 3.14. The molecule has 0 aliphatic heterocycles. The number of alkyl halides is 2. The van der Waals surface area contributed by atoms with E-state index in [1.54, 1.807) is 0 Å². The Bertz CT molecular complexity index is 467. The second-order valence-corrected chi connectivity index (χ2v) is 4.50. The lowest BCUT2D eigenvalue weighted by Crippen LogP contribution is -2.42. The molecule has 1 saturated carbocycles. The molecule has 2 rings (SSSR count). The van der Waals surface area contributed by atoms with Crippen molar-refractivity contribution in [3.05, 3.63) is 29.3 Å². The van der Waals surface area contributed by atoms with Gasteiger partial charge in [-0.25, -0.2) is 8.78 Å². The fraction of sp³-hybridized carbons (Fsp3) is 0.462. The van der Waals surface area contributed by atoms with Crippen molar-refractivity contribution in [3.8, 4) is 5.75 Å². The smallest absolute Gasteiger partial charge is 0.314 e. The van der Waals surface area contributed by atoms with E-state index < -0.39 is 17.8 Å². The monoisotopic (exact) mass is 256 g/mol. The number of ether oxygens (including phenoxy) is 1. The zero-order valence-corrected chi connectivity index (χ0v) is 9.95. The quantitative estimate of drug-likeness (QED) is 0.900. The van der Waals surface area contributed by atoms with Crippen molar-refractivity contribution in [2.24, 2.45) is 0 Å². The van der Waals surface area contributed by atoms with Gasteiger partial charge in [0.25, 0.3) is 6.43 Å². The molecule has 1 N–H and O–H groups in total. The number of rotatable bonds is 4. The maximum absolute atomic E-state index is 12.6. The Kier molecular flexibility index (Phi) is 3.24. The maximum atomic E-state index is 12.6. The standard InChI is InChI=1S/C13H14F2O3/c1-18-10-7-8(11(14)15)3-4-9(10)13(12(16)17)5-2-6-13/h3-4,7,11H,2,5-6H2,1H3,(H,16,17). The highest BCUT2D eigenvalue weighted by molar-refractivity contribution is 5.83. The van der Waals surface area contributed by atoms with Crippen LogP contribution in [0.25, 0.3) is 0 Å². The first-order chi connectivity index (χ1) is 8.51. The predicted molar refractivity (Wildman–Crippen MR) is 61.1 cm³/mol. The summed E-state index contributed by atoms with van der Waals surface area (Å²) in [7, 11) is 1.36. The Balaban J connectivity index is 2.47. The Labute approximate surface area is 103 Å². The average molecular weight is 256 g/mol. The van der Waals surface area contributed by atoms with E-state index in [0.717, 1.165) is 6.42 Å². The number of aliphatic carboxylic acids is 1. The van der Waals surface area contributed by atoms with Gasteiger partial charge in [0.2, 0.25) is 0 Å². The van der Waals surface area contributed by atoms with Gasteiger partial charge >= 0.3 is 5.97 Å². The highest BCUT2D eigenvalue weighted by atomic mass is 19.3. The molecule has 1 aromatic rings. The van der Waals surface area contributed by atoms with Crippen molar-refractivity contribution in [1.29, 1.82) is 0 Å². The summed E-state index contributed by atoms with van der Waals surface area (Å²) in [5, 5.41) is 9.33. The zero-order valence-electron chi connectivity index (χ0n) is 9.95. The lowest BCUT2D eigenvalue weighted by Gasteiger charge is -2.38. The van der Waals surface area contributed by atoms with Crippen LogP contribution in [0.5, 0.6) is 5.75 Å². The molecule has 0 bridgehead atoms. The minimum absolute atomic E-state index is 0.157. The average Bonchev–Trinajstić information content (AvgIpc) is 2.27. The lowest BCUT2D eigenvalue weighted by molar-refractivity contribution is -0.147. The first kappa shape index (κ1) is 12.8. The van der Waals surface area contributed by atoms with E-state index in [-0.39, 0.29) is 11.3 Å². The molecule has 0 unspecified atom stereocenters. The summed E-state index contributed by atoms with van der Waals surface area (Å²) < 4.78 is 30.3. The molecule has 0 spiro atoms. The van der Waals surface area contributed by atoms with Crippen molar-refractivity contribution < 1.29 is 23.4 Å². The van der Waals surface area contributed by atoms with Crippen molar-refractivity contribution in [2.45, 2.75) is 31.1 Å². The number of methoxy groups -OCH3 is 1. The molecule has 0 aromatic heterocycles. The summed E-state index contributed by atoms with van der Waals surface area (Å²) in [6.45, 7) is 0. The normalized spacial score (nSPS) is 17.3. The molecule has 0 heterocycles. The van der Waals surface area contributed by atoms with E-state index in [2.05, 4.69) is 0 Å². The molecule has 1 fully saturated rings. The number of hydrogen-bond donors (Lipinski definition) is 1. The number of carbonyl (C=O) groups is 1. The first-order valence-electron chi connectivity index (χ1n) is 5.71. The molecular weight excluding hydrogens is 242 g/mol. The minimum atomic E-state index is -2.59. The number of benzene rings is 1. The van der Waals surface area contributed by atoms with Crippen molar-refractivity contribution >= 4 is 5.97 Å².